The molecule has 0 aliphatic carbocycles. The van der Waals surface area contributed by atoms with Gasteiger partial charge in [-0.3, -0.25) is 4.79 Å². The van der Waals surface area contributed by atoms with Gasteiger partial charge in [-0.25, -0.2) is 0 Å². The summed E-state index contributed by atoms with van der Waals surface area (Å²) in [5.41, 5.74) is 0. The molecule has 0 aromatic heterocycles. The summed E-state index contributed by atoms with van der Waals surface area (Å²) in [7, 11) is 0. The predicted octanol–water partition coefficient (Wildman–Crippen LogP) is 0.771. The summed E-state index contributed by atoms with van der Waals surface area (Å²) in [6.45, 7) is 1.03. The number of amides is 1. The van der Waals surface area contributed by atoms with Crippen LogP contribution in [0.4, 0.5) is 0 Å². The van der Waals surface area contributed by atoms with Gasteiger partial charge in [-0.05, 0) is 19.3 Å². The lowest BCUT2D eigenvalue weighted by molar-refractivity contribution is -0.148. The van der Waals surface area contributed by atoms with Gasteiger partial charge < -0.3 is 4.90 Å². The second-order valence-corrected chi connectivity index (χ2v) is 2.94. The maximum Gasteiger partial charge on any atom is 0.224 e. The minimum atomic E-state index is 0.375. The van der Waals surface area contributed by atoms with Crippen molar-refractivity contribution in [3.8, 4) is 0 Å². The van der Waals surface area contributed by atoms with E-state index in [1.807, 2.05) is 4.90 Å². The molecular formula is C7H11NO. The Bertz CT molecular complexity index is 144. The molecule has 2 aliphatic heterocycles. The third-order valence-corrected chi connectivity index (χ3v) is 2.36. The molecule has 0 N–H and O–H groups in total. The van der Waals surface area contributed by atoms with E-state index in [2.05, 4.69) is 0 Å². The lowest BCUT2D eigenvalue weighted by Gasteiger charge is -2.43. The van der Waals surface area contributed by atoms with Crippen molar-refractivity contribution in [2.45, 2.75) is 31.7 Å². The molecule has 2 heterocycles. The minimum absolute atomic E-state index is 0.375. The van der Waals surface area contributed by atoms with Crippen LogP contribution in [-0.2, 0) is 4.79 Å². The van der Waals surface area contributed by atoms with E-state index >= 15 is 0 Å². The largest absolute Gasteiger partial charge is 0.339 e. The molecule has 2 fully saturated rings. The van der Waals surface area contributed by atoms with Crippen molar-refractivity contribution in [2.75, 3.05) is 6.54 Å². The van der Waals surface area contributed by atoms with Gasteiger partial charge in [-0.2, -0.15) is 0 Å². The van der Waals surface area contributed by atoms with Crippen molar-refractivity contribution >= 4 is 5.91 Å². The highest BCUT2D eigenvalue weighted by Gasteiger charge is 2.36. The van der Waals surface area contributed by atoms with Gasteiger partial charge in [-0.15, -0.1) is 0 Å². The van der Waals surface area contributed by atoms with Crippen molar-refractivity contribution in [1.82, 2.24) is 4.90 Å². The monoisotopic (exact) mass is 125 g/mol. The van der Waals surface area contributed by atoms with E-state index in [4.69, 9.17) is 0 Å². The Morgan fingerprint density at radius 3 is 2.89 bits per heavy atom. The van der Waals surface area contributed by atoms with Gasteiger partial charge in [0, 0.05) is 19.0 Å². The van der Waals surface area contributed by atoms with Crippen LogP contribution >= 0.6 is 0 Å². The molecule has 0 radical (unpaired) electrons. The molecule has 2 aliphatic rings. The second-order valence-electron chi connectivity index (χ2n) is 2.94. The number of hydrogen-bond acceptors (Lipinski definition) is 1. The normalized spacial score (nSPS) is 33.6. The SMILES string of the molecule is O=C1C[C@@H]2CCCCN12. The quantitative estimate of drug-likeness (QED) is 0.438. The Labute approximate surface area is 54.8 Å². The maximum atomic E-state index is 10.8. The molecule has 2 saturated heterocycles. The van der Waals surface area contributed by atoms with Crippen LogP contribution in [0, 0.1) is 0 Å². The number of carbonyl (C=O) groups is 1. The van der Waals surface area contributed by atoms with E-state index in [0.29, 0.717) is 11.9 Å². The summed E-state index contributed by atoms with van der Waals surface area (Å²) in [6, 6.07) is 0.645. The fourth-order valence-corrected chi connectivity index (χ4v) is 1.75. The number of hydrogen-bond donors (Lipinski definition) is 0. The Morgan fingerprint density at radius 2 is 2.33 bits per heavy atom. The smallest absolute Gasteiger partial charge is 0.224 e. The van der Waals surface area contributed by atoms with Crippen molar-refractivity contribution < 1.29 is 4.79 Å². The summed E-state index contributed by atoms with van der Waals surface area (Å²) in [6.07, 6.45) is 4.64. The summed E-state index contributed by atoms with van der Waals surface area (Å²) < 4.78 is 0. The first-order valence-corrected chi connectivity index (χ1v) is 3.67. The summed E-state index contributed by atoms with van der Waals surface area (Å²) >= 11 is 0. The molecule has 0 aromatic rings. The van der Waals surface area contributed by atoms with Crippen LogP contribution in [0.25, 0.3) is 0 Å². The van der Waals surface area contributed by atoms with Crippen LogP contribution in [0.15, 0.2) is 0 Å². The van der Waals surface area contributed by atoms with Gasteiger partial charge in [0.05, 0.1) is 0 Å². The molecular weight excluding hydrogens is 114 g/mol. The molecule has 2 heteroatoms. The number of fused-ring (bicyclic) bond motifs is 1. The molecule has 1 amide bonds. The standard InChI is InChI=1S/C7H11NO/c9-7-5-6-3-1-2-4-8(6)7/h6H,1-5H2/t6-/m0/s1. The third-order valence-electron chi connectivity index (χ3n) is 2.36. The molecule has 9 heavy (non-hydrogen) atoms. The highest BCUT2D eigenvalue weighted by atomic mass is 16.2. The summed E-state index contributed by atoms with van der Waals surface area (Å²) in [4.78, 5) is 12.8. The van der Waals surface area contributed by atoms with Crippen molar-refractivity contribution in [2.24, 2.45) is 0 Å². The van der Waals surface area contributed by atoms with Crippen molar-refractivity contribution in [3.05, 3.63) is 0 Å². The van der Waals surface area contributed by atoms with Gasteiger partial charge in [-0.1, -0.05) is 0 Å². The Balaban J connectivity index is 2.01. The fraction of sp³-hybridized carbons (Fsp3) is 0.857. The zero-order valence-electron chi connectivity index (χ0n) is 5.47. The molecule has 1 atom stereocenters. The van der Waals surface area contributed by atoms with Crippen LogP contribution in [0.1, 0.15) is 25.7 Å². The lowest BCUT2D eigenvalue weighted by Crippen LogP contribution is -2.54. The Kier molecular flexibility index (Phi) is 1.01. The Hall–Kier alpha value is -0.530. The zero-order valence-corrected chi connectivity index (χ0v) is 5.47. The van der Waals surface area contributed by atoms with Crippen LogP contribution in [0.2, 0.25) is 0 Å². The number of piperidine rings is 1. The highest BCUT2D eigenvalue weighted by molar-refractivity contribution is 5.83. The van der Waals surface area contributed by atoms with E-state index in [1.54, 1.807) is 0 Å². The van der Waals surface area contributed by atoms with E-state index in [0.717, 1.165) is 13.0 Å². The molecule has 0 aromatic carbocycles. The predicted molar refractivity (Wildman–Crippen MR) is 34.0 cm³/mol. The van der Waals surface area contributed by atoms with Gasteiger partial charge >= 0.3 is 0 Å². The van der Waals surface area contributed by atoms with Crippen molar-refractivity contribution in [3.63, 3.8) is 0 Å². The summed E-state index contributed by atoms with van der Waals surface area (Å²) in [5.74, 6) is 0.375. The number of carbonyl (C=O) groups excluding carboxylic acids is 1. The number of rotatable bonds is 0. The first-order chi connectivity index (χ1) is 4.38. The lowest BCUT2D eigenvalue weighted by atomic mass is 9.92. The fourth-order valence-electron chi connectivity index (χ4n) is 1.75. The van der Waals surface area contributed by atoms with Crippen LogP contribution in [-0.4, -0.2) is 23.4 Å². The molecule has 50 valence electrons. The average Bonchev–Trinajstić information content (AvgIpc) is 1.86. The first kappa shape index (κ1) is 5.27. The minimum Gasteiger partial charge on any atom is -0.339 e. The van der Waals surface area contributed by atoms with Crippen molar-refractivity contribution in [1.29, 1.82) is 0 Å². The molecule has 0 spiro atoms. The average molecular weight is 125 g/mol. The zero-order chi connectivity index (χ0) is 6.27. The molecule has 0 saturated carbocycles. The van der Waals surface area contributed by atoms with E-state index in [-0.39, 0.29) is 0 Å². The highest BCUT2D eigenvalue weighted by Crippen LogP contribution is 2.28. The third kappa shape index (κ3) is 0.655. The van der Waals surface area contributed by atoms with Gasteiger partial charge in [0.25, 0.3) is 0 Å². The van der Waals surface area contributed by atoms with Crippen LogP contribution in [0.5, 0.6) is 0 Å². The van der Waals surface area contributed by atoms with E-state index < -0.39 is 0 Å². The maximum absolute atomic E-state index is 10.8. The number of nitrogens with zero attached hydrogens (tertiary/aromatic N) is 1. The topological polar surface area (TPSA) is 20.3 Å². The van der Waals surface area contributed by atoms with Crippen LogP contribution in [0.3, 0.4) is 0 Å². The molecule has 0 bridgehead atoms. The van der Waals surface area contributed by atoms with E-state index in [9.17, 15) is 4.79 Å². The molecule has 2 rings (SSSR count). The van der Waals surface area contributed by atoms with E-state index in [1.165, 1.54) is 19.3 Å². The number of β-lactam (4-membered cyclic amide) rings is 1. The second kappa shape index (κ2) is 1.72. The summed E-state index contributed by atoms with van der Waals surface area (Å²) in [5, 5.41) is 0. The van der Waals surface area contributed by atoms with Gasteiger partial charge in [0.15, 0.2) is 0 Å². The van der Waals surface area contributed by atoms with Crippen LogP contribution < -0.4 is 0 Å². The Morgan fingerprint density at radius 1 is 1.44 bits per heavy atom. The molecule has 2 nitrogen and oxygen atoms in total. The molecule has 0 unspecified atom stereocenters. The van der Waals surface area contributed by atoms with Gasteiger partial charge in [0.1, 0.15) is 0 Å². The first-order valence-electron chi connectivity index (χ1n) is 3.67. The van der Waals surface area contributed by atoms with Gasteiger partial charge in [0.2, 0.25) is 5.91 Å².